The number of nitrogens with one attached hydrogen (secondary N) is 1. The third kappa shape index (κ3) is 3.95. The minimum Gasteiger partial charge on any atom is -0.471 e. The number of carbonyl (C=O) groups excluding carboxylic acids is 1. The van der Waals surface area contributed by atoms with E-state index in [4.69, 9.17) is 4.74 Å². The van der Waals surface area contributed by atoms with Crippen LogP contribution in [0.25, 0.3) is 22.3 Å². The summed E-state index contributed by atoms with van der Waals surface area (Å²) in [7, 11) is 0. The Labute approximate surface area is 185 Å². The second kappa shape index (κ2) is 7.70. The van der Waals surface area contributed by atoms with Crippen molar-refractivity contribution in [3.05, 3.63) is 36.2 Å². The molecule has 1 spiro atoms. The first-order chi connectivity index (χ1) is 15.8. The number of halogens is 3. The summed E-state index contributed by atoms with van der Waals surface area (Å²) in [5.74, 6) is -2.18. The molecule has 3 heterocycles. The highest BCUT2D eigenvalue weighted by Crippen LogP contribution is 2.53. The minimum atomic E-state index is -5.20. The Balaban J connectivity index is 1.52. The molecule has 9 nitrogen and oxygen atoms in total. The number of benzene rings is 1. The van der Waals surface area contributed by atoms with Crippen LogP contribution in [-0.4, -0.2) is 51.3 Å². The molecule has 1 N–H and O–H groups in total. The first-order valence-corrected chi connectivity index (χ1v) is 10.2. The number of ether oxygens (including phenoxy) is 1. The van der Waals surface area contributed by atoms with E-state index in [1.165, 1.54) is 30.6 Å². The molecule has 1 aliphatic heterocycles. The number of carbonyl (C=O) groups is 1. The van der Waals surface area contributed by atoms with E-state index in [1.54, 1.807) is 0 Å². The summed E-state index contributed by atoms with van der Waals surface area (Å²) in [6, 6.07) is 6.10. The van der Waals surface area contributed by atoms with Crippen LogP contribution < -0.4 is 14.9 Å². The summed E-state index contributed by atoms with van der Waals surface area (Å²) >= 11 is 0. The summed E-state index contributed by atoms with van der Waals surface area (Å²) in [4.78, 5) is 24.9. The van der Waals surface area contributed by atoms with Crippen LogP contribution in [0.2, 0.25) is 0 Å². The van der Waals surface area contributed by atoms with Gasteiger partial charge in [-0.15, -0.1) is 5.10 Å². The third-order valence-electron chi connectivity index (χ3n) is 6.00. The van der Waals surface area contributed by atoms with Gasteiger partial charge >= 0.3 is 12.1 Å². The predicted molar refractivity (Wildman–Crippen MR) is 107 cm³/mol. The zero-order chi connectivity index (χ0) is 23.2. The van der Waals surface area contributed by atoms with Gasteiger partial charge < -0.3 is 14.9 Å². The van der Waals surface area contributed by atoms with Crippen LogP contribution in [0.4, 0.5) is 13.2 Å². The van der Waals surface area contributed by atoms with E-state index in [9.17, 15) is 23.2 Å². The highest BCUT2D eigenvalue weighted by atomic mass is 19.4. The van der Waals surface area contributed by atoms with Gasteiger partial charge in [-0.2, -0.15) is 18.4 Å². The van der Waals surface area contributed by atoms with E-state index in [1.807, 2.05) is 6.07 Å². The summed E-state index contributed by atoms with van der Waals surface area (Å²) in [6.07, 6.45) is 0.745. The highest BCUT2D eigenvalue weighted by molar-refractivity contribution is 5.93. The number of rotatable bonds is 4. The van der Waals surface area contributed by atoms with Crippen LogP contribution in [0.5, 0.6) is 5.88 Å². The molecular weight excluding hydrogens is 441 g/mol. The molecule has 2 aliphatic rings. The Morgan fingerprint density at radius 3 is 2.82 bits per heavy atom. The van der Waals surface area contributed by atoms with Crippen LogP contribution in [0.1, 0.15) is 24.8 Å². The Hall–Kier alpha value is -3.72. The van der Waals surface area contributed by atoms with Crippen molar-refractivity contribution in [1.29, 1.82) is 5.26 Å². The van der Waals surface area contributed by atoms with Crippen molar-refractivity contribution in [2.24, 2.45) is 5.41 Å². The molecule has 2 aromatic heterocycles. The summed E-state index contributed by atoms with van der Waals surface area (Å²) in [5, 5.41) is 16.8. The Kier molecular flexibility index (Phi) is 4.93. The number of fused-ring (bicyclic) bond motifs is 1. The lowest BCUT2D eigenvalue weighted by molar-refractivity contribution is -0.200. The molecule has 1 saturated heterocycles. The van der Waals surface area contributed by atoms with Gasteiger partial charge in [-0.3, -0.25) is 4.98 Å². The molecule has 1 saturated carbocycles. The molecule has 12 heteroatoms. The second-order valence-corrected chi connectivity index (χ2v) is 8.11. The van der Waals surface area contributed by atoms with E-state index in [0.29, 0.717) is 11.4 Å². The maximum atomic E-state index is 12.7. The highest BCUT2D eigenvalue weighted by Gasteiger charge is 2.52. The number of alkyl halides is 3. The molecule has 1 aromatic carbocycles. The lowest BCUT2D eigenvalue weighted by Crippen LogP contribution is -2.45. The number of nitrogens with zero attached hydrogens (tertiary/aromatic N) is 5. The molecule has 1 atom stereocenters. The van der Waals surface area contributed by atoms with Crippen molar-refractivity contribution in [3.8, 4) is 23.3 Å². The molecule has 0 amide bonds. The summed E-state index contributed by atoms with van der Waals surface area (Å²) in [5.41, 5.74) is 0.740. The average Bonchev–Trinajstić information content (AvgIpc) is 3.48. The zero-order valence-electron chi connectivity index (χ0n) is 17.1. The number of hydrogen-bond donors (Lipinski definition) is 1. The maximum absolute atomic E-state index is 12.7. The fourth-order valence-corrected chi connectivity index (χ4v) is 4.06. The van der Waals surface area contributed by atoms with Gasteiger partial charge in [0.1, 0.15) is 23.0 Å². The second-order valence-electron chi connectivity index (χ2n) is 8.11. The number of nitriles is 1. The van der Waals surface area contributed by atoms with Crippen LogP contribution in [0, 0.1) is 16.7 Å². The smallest absolute Gasteiger partial charge is 0.471 e. The van der Waals surface area contributed by atoms with Gasteiger partial charge in [-0.25, -0.2) is 9.78 Å². The van der Waals surface area contributed by atoms with Crippen molar-refractivity contribution in [1.82, 2.24) is 25.2 Å². The molecular formula is C21H17F3N6O3. The Bertz CT molecular complexity index is 1280. The van der Waals surface area contributed by atoms with Gasteiger partial charge in [0.05, 0.1) is 24.0 Å². The normalized spacial score (nSPS) is 19.3. The largest absolute Gasteiger partial charge is 0.493 e. The predicted octanol–water partition coefficient (Wildman–Crippen LogP) is 2.40. The lowest BCUT2D eigenvalue weighted by atomic mass is 9.92. The van der Waals surface area contributed by atoms with Crippen LogP contribution in [0.3, 0.4) is 0 Å². The first kappa shape index (κ1) is 21.1. The number of piperidine rings is 1. The van der Waals surface area contributed by atoms with E-state index in [2.05, 4.69) is 25.2 Å². The van der Waals surface area contributed by atoms with Crippen LogP contribution in [0.15, 0.2) is 30.6 Å². The van der Waals surface area contributed by atoms with Crippen molar-refractivity contribution < 1.29 is 27.5 Å². The molecule has 0 radical (unpaired) electrons. The molecule has 5 rings (SSSR count). The fraction of sp³-hybridized carbons (Fsp3) is 0.381. The van der Waals surface area contributed by atoms with Gasteiger partial charge in [0, 0.05) is 17.3 Å². The fourth-order valence-electron chi connectivity index (χ4n) is 4.06. The van der Waals surface area contributed by atoms with Crippen LogP contribution in [-0.2, 0) is 4.79 Å². The topological polar surface area (TPSA) is 115 Å². The van der Waals surface area contributed by atoms with Gasteiger partial charge in [-0.05, 0) is 44.0 Å². The van der Waals surface area contributed by atoms with E-state index >= 15 is 0 Å². The Morgan fingerprint density at radius 1 is 1.27 bits per heavy atom. The molecule has 170 valence electrons. The quantitative estimate of drug-likeness (QED) is 0.634. The molecule has 0 unspecified atom stereocenters. The Morgan fingerprint density at radius 2 is 2.09 bits per heavy atom. The summed E-state index contributed by atoms with van der Waals surface area (Å²) in [6.45, 7) is 1.62. The van der Waals surface area contributed by atoms with Crippen molar-refractivity contribution in [2.75, 3.05) is 13.1 Å². The van der Waals surface area contributed by atoms with E-state index in [0.717, 1.165) is 25.8 Å². The van der Waals surface area contributed by atoms with Crippen molar-refractivity contribution in [2.45, 2.75) is 31.5 Å². The molecule has 3 aromatic rings. The molecule has 1 aliphatic carbocycles. The zero-order valence-corrected chi connectivity index (χ0v) is 17.1. The standard InChI is InChI=1S/C21H17F3N6O3/c22-21(23,24)19(31)33-30-15-2-1-12(8-25)7-13(15)18(29-30)14-9-27-11-17(28-14)32-16-10-26-6-5-20(16)3-4-20/h1-2,7,9,11,16,26H,3-6,10H2/t16-/m0/s1. The minimum absolute atomic E-state index is 0.0585. The van der Waals surface area contributed by atoms with Crippen LogP contribution >= 0.6 is 0 Å². The number of hydrogen-bond acceptors (Lipinski definition) is 8. The molecule has 2 fully saturated rings. The van der Waals surface area contributed by atoms with E-state index in [-0.39, 0.29) is 45.3 Å². The van der Waals surface area contributed by atoms with Gasteiger partial charge in [-0.1, -0.05) is 4.85 Å². The summed E-state index contributed by atoms with van der Waals surface area (Å²) < 4.78 is 44.3. The number of aromatic nitrogens is 4. The average molecular weight is 458 g/mol. The molecule has 0 bridgehead atoms. The first-order valence-electron chi connectivity index (χ1n) is 10.2. The van der Waals surface area contributed by atoms with Gasteiger partial charge in [0.15, 0.2) is 0 Å². The van der Waals surface area contributed by atoms with Gasteiger partial charge in [0.25, 0.3) is 0 Å². The van der Waals surface area contributed by atoms with E-state index < -0.39 is 12.1 Å². The monoisotopic (exact) mass is 458 g/mol. The van der Waals surface area contributed by atoms with Crippen molar-refractivity contribution >= 4 is 16.9 Å². The lowest BCUT2D eigenvalue weighted by Gasteiger charge is -2.32. The SMILES string of the molecule is N#Cc1ccc2c(c1)c(-c1cncc(O[C@H]3CNCCC34CC4)n1)nn2OC(=O)C(F)(F)F. The third-order valence-corrected chi connectivity index (χ3v) is 6.00. The van der Waals surface area contributed by atoms with Crippen molar-refractivity contribution in [3.63, 3.8) is 0 Å². The molecule has 33 heavy (non-hydrogen) atoms. The van der Waals surface area contributed by atoms with Gasteiger partial charge in [0.2, 0.25) is 5.88 Å². The maximum Gasteiger partial charge on any atom is 0.493 e.